The first-order valence-corrected chi connectivity index (χ1v) is 7.19. The zero-order valence-corrected chi connectivity index (χ0v) is 11.6. The molecule has 0 N–H and O–H groups in total. The number of benzene rings is 1. The van der Waals surface area contributed by atoms with Crippen LogP contribution in [0.25, 0.3) is 10.1 Å². The molecule has 0 saturated heterocycles. The first-order chi connectivity index (χ1) is 6.77. The number of fused-ring (bicyclic) bond motifs is 1. The summed E-state index contributed by atoms with van der Waals surface area (Å²) in [6, 6.07) is 6.38. The van der Waals surface area contributed by atoms with Crippen LogP contribution in [-0.4, -0.2) is 13.4 Å². The fourth-order valence-electron chi connectivity index (χ4n) is 1.37. The summed E-state index contributed by atoms with van der Waals surface area (Å²) in [5.74, 6) is 0. The van der Waals surface area contributed by atoms with Gasteiger partial charge in [0, 0.05) is 8.96 Å². The number of methoxy groups -OCH3 is 1. The van der Waals surface area contributed by atoms with Crippen LogP contribution in [0.2, 0.25) is 0 Å². The molecule has 0 aliphatic rings. The zero-order chi connectivity index (χ0) is 10.1. The van der Waals surface area contributed by atoms with Crippen LogP contribution < -0.4 is 4.74 Å². The Balaban J connectivity index is 2.79. The lowest BCUT2D eigenvalue weighted by molar-refractivity contribution is 0.419. The molecule has 4 heteroatoms. The van der Waals surface area contributed by atoms with E-state index < -0.39 is 0 Å². The maximum atomic E-state index is 5.37. The molecule has 1 aromatic carbocycles. The van der Waals surface area contributed by atoms with E-state index in [1.165, 1.54) is 18.6 Å². The van der Waals surface area contributed by atoms with Crippen molar-refractivity contribution in [2.75, 3.05) is 13.4 Å². The second-order valence-corrected chi connectivity index (χ2v) is 5.71. The zero-order valence-electron chi connectivity index (χ0n) is 7.83. The first-order valence-electron chi connectivity index (χ1n) is 4.07. The van der Waals surface area contributed by atoms with Gasteiger partial charge >= 0.3 is 0 Å². The molecule has 2 aromatic rings. The Bertz CT molecular complexity index is 464. The van der Waals surface area contributed by atoms with Crippen molar-refractivity contribution in [3.8, 4) is 5.06 Å². The van der Waals surface area contributed by atoms with E-state index in [4.69, 9.17) is 4.74 Å². The molecule has 0 aliphatic heterocycles. The molecule has 74 valence electrons. The van der Waals surface area contributed by atoms with Crippen LogP contribution in [0, 0.1) is 3.57 Å². The molecule has 2 rings (SSSR count). The number of halogens is 1. The molecule has 0 fully saturated rings. The molecule has 0 saturated carbocycles. The maximum Gasteiger partial charge on any atom is 0.188 e. The van der Waals surface area contributed by atoms with Crippen LogP contribution in [0.1, 0.15) is 0 Å². The number of rotatable bonds is 2. The third-order valence-corrected chi connectivity index (χ3v) is 5.39. The van der Waals surface area contributed by atoms with E-state index in [0.29, 0.717) is 0 Å². The fourth-order valence-corrected chi connectivity index (χ4v) is 4.19. The van der Waals surface area contributed by atoms with E-state index in [9.17, 15) is 0 Å². The summed E-state index contributed by atoms with van der Waals surface area (Å²) >= 11 is 5.84. The quantitative estimate of drug-likeness (QED) is 0.599. The minimum absolute atomic E-state index is 1.02. The molecule has 1 aromatic heterocycles. The molecule has 0 bridgehead atoms. The lowest BCUT2D eigenvalue weighted by atomic mass is 10.3. The molecule has 0 atom stereocenters. The highest BCUT2D eigenvalue weighted by atomic mass is 127. The first kappa shape index (κ1) is 10.6. The third-order valence-electron chi connectivity index (χ3n) is 1.98. The summed E-state index contributed by atoms with van der Waals surface area (Å²) in [7, 11) is 1.73. The SMILES string of the molecule is COc1sc2c(I)cccc2c1SC. The van der Waals surface area contributed by atoms with Crippen LogP contribution in [0.5, 0.6) is 5.06 Å². The van der Waals surface area contributed by atoms with Crippen molar-refractivity contribution in [3.05, 3.63) is 21.8 Å². The standard InChI is InChI=1S/C10H9IOS2/c1-12-10-9(13-2)6-4-3-5-7(11)8(6)14-10/h3-5H,1-2H3. The van der Waals surface area contributed by atoms with Gasteiger partial charge in [-0.05, 0) is 34.9 Å². The Morgan fingerprint density at radius 1 is 1.43 bits per heavy atom. The Hall–Kier alpha value is 0.0600. The van der Waals surface area contributed by atoms with E-state index in [2.05, 4.69) is 47.0 Å². The summed E-state index contributed by atoms with van der Waals surface area (Å²) < 4.78 is 7.99. The van der Waals surface area contributed by atoms with E-state index in [1.807, 2.05) is 0 Å². The average molecular weight is 336 g/mol. The number of ether oxygens (including phenoxy) is 1. The van der Waals surface area contributed by atoms with Gasteiger partial charge in [0.15, 0.2) is 5.06 Å². The van der Waals surface area contributed by atoms with E-state index >= 15 is 0 Å². The Labute approximate surface area is 105 Å². The maximum absolute atomic E-state index is 5.37. The Kier molecular flexibility index (Phi) is 3.23. The summed E-state index contributed by atoms with van der Waals surface area (Å²) in [5, 5.41) is 2.34. The van der Waals surface area contributed by atoms with Gasteiger partial charge in [0.25, 0.3) is 0 Å². The molecule has 0 amide bonds. The molecule has 0 unspecified atom stereocenters. The molecule has 0 aliphatic carbocycles. The van der Waals surface area contributed by atoms with Gasteiger partial charge in [-0.25, -0.2) is 0 Å². The molecule has 1 heterocycles. The Morgan fingerprint density at radius 3 is 2.86 bits per heavy atom. The average Bonchev–Trinajstić information content (AvgIpc) is 2.57. The monoisotopic (exact) mass is 336 g/mol. The van der Waals surface area contributed by atoms with Gasteiger partial charge in [-0.3, -0.25) is 0 Å². The fraction of sp³-hybridized carbons (Fsp3) is 0.200. The summed E-state index contributed by atoms with van der Waals surface area (Å²) in [5.41, 5.74) is 0. The summed E-state index contributed by atoms with van der Waals surface area (Å²) in [6.45, 7) is 0. The largest absolute Gasteiger partial charge is 0.486 e. The molecular formula is C10H9IOS2. The van der Waals surface area contributed by atoms with Crippen LogP contribution in [-0.2, 0) is 0 Å². The van der Waals surface area contributed by atoms with Crippen LogP contribution in [0.4, 0.5) is 0 Å². The predicted octanol–water partition coefficient (Wildman–Crippen LogP) is 4.24. The molecular weight excluding hydrogens is 327 g/mol. The van der Waals surface area contributed by atoms with Crippen LogP contribution >= 0.6 is 45.7 Å². The number of thiophene rings is 1. The van der Waals surface area contributed by atoms with E-state index in [-0.39, 0.29) is 0 Å². The minimum Gasteiger partial charge on any atom is -0.486 e. The third kappa shape index (κ3) is 1.63. The normalized spacial score (nSPS) is 10.8. The van der Waals surface area contributed by atoms with Crippen molar-refractivity contribution in [2.24, 2.45) is 0 Å². The lowest BCUT2D eigenvalue weighted by Gasteiger charge is -1.97. The highest BCUT2D eigenvalue weighted by Gasteiger charge is 2.12. The van der Waals surface area contributed by atoms with Gasteiger partial charge in [0.2, 0.25) is 0 Å². The van der Waals surface area contributed by atoms with E-state index in [1.54, 1.807) is 30.2 Å². The number of hydrogen-bond donors (Lipinski definition) is 0. The number of hydrogen-bond acceptors (Lipinski definition) is 3. The van der Waals surface area contributed by atoms with Gasteiger partial charge in [-0.15, -0.1) is 11.8 Å². The lowest BCUT2D eigenvalue weighted by Crippen LogP contribution is -1.78. The van der Waals surface area contributed by atoms with Crippen molar-refractivity contribution >= 4 is 55.8 Å². The smallest absolute Gasteiger partial charge is 0.188 e. The Morgan fingerprint density at radius 2 is 2.21 bits per heavy atom. The van der Waals surface area contributed by atoms with Crippen molar-refractivity contribution in [1.29, 1.82) is 0 Å². The summed E-state index contributed by atoms with van der Waals surface area (Å²) in [4.78, 5) is 1.26. The second kappa shape index (κ2) is 4.28. The summed E-state index contributed by atoms with van der Waals surface area (Å²) in [6.07, 6.45) is 2.09. The van der Waals surface area contributed by atoms with Gasteiger partial charge in [0.05, 0.1) is 16.7 Å². The van der Waals surface area contributed by atoms with Gasteiger partial charge < -0.3 is 4.74 Å². The van der Waals surface area contributed by atoms with Gasteiger partial charge in [-0.2, -0.15) is 0 Å². The van der Waals surface area contributed by atoms with Gasteiger partial charge in [-0.1, -0.05) is 23.5 Å². The number of thioether (sulfide) groups is 1. The van der Waals surface area contributed by atoms with Crippen molar-refractivity contribution in [1.82, 2.24) is 0 Å². The topological polar surface area (TPSA) is 9.23 Å². The van der Waals surface area contributed by atoms with Gasteiger partial charge in [0.1, 0.15) is 0 Å². The molecule has 0 radical (unpaired) electrons. The highest BCUT2D eigenvalue weighted by molar-refractivity contribution is 14.1. The van der Waals surface area contributed by atoms with Crippen LogP contribution in [0.15, 0.2) is 23.1 Å². The van der Waals surface area contributed by atoms with Crippen molar-refractivity contribution in [3.63, 3.8) is 0 Å². The second-order valence-electron chi connectivity index (χ2n) is 2.74. The van der Waals surface area contributed by atoms with Crippen molar-refractivity contribution in [2.45, 2.75) is 4.90 Å². The molecule has 0 spiro atoms. The molecule has 14 heavy (non-hydrogen) atoms. The van der Waals surface area contributed by atoms with Crippen molar-refractivity contribution < 1.29 is 4.74 Å². The predicted molar refractivity (Wildman–Crippen MR) is 72.9 cm³/mol. The highest BCUT2D eigenvalue weighted by Crippen LogP contribution is 2.44. The van der Waals surface area contributed by atoms with E-state index in [0.717, 1.165) is 5.06 Å². The molecule has 1 nitrogen and oxygen atoms in total. The van der Waals surface area contributed by atoms with Crippen LogP contribution in [0.3, 0.4) is 0 Å². The minimum atomic E-state index is 1.02.